The standard InChI is InChI=1S/C19H23BrN2O4S/c1-13(2)26-18-11-10-15(20)12-17(18)14(3)21-19(23)22(4)27(24,25)16-8-6-5-7-9-16/h5-14H,1-4H3,(H,21,23). The number of benzene rings is 2. The van der Waals surface area contributed by atoms with Crippen molar-refractivity contribution in [3.8, 4) is 5.75 Å². The molecule has 27 heavy (non-hydrogen) atoms. The van der Waals surface area contributed by atoms with Gasteiger partial charge in [0.1, 0.15) is 5.75 Å². The van der Waals surface area contributed by atoms with Crippen LogP contribution < -0.4 is 10.1 Å². The highest BCUT2D eigenvalue weighted by Gasteiger charge is 2.27. The number of carbonyl (C=O) groups excluding carboxylic acids is 1. The molecule has 1 unspecified atom stereocenters. The maximum absolute atomic E-state index is 12.6. The highest BCUT2D eigenvalue weighted by molar-refractivity contribution is 9.10. The van der Waals surface area contributed by atoms with Crippen molar-refractivity contribution in [2.24, 2.45) is 0 Å². The molecule has 0 aromatic heterocycles. The van der Waals surface area contributed by atoms with E-state index >= 15 is 0 Å². The number of urea groups is 1. The Balaban J connectivity index is 2.22. The first-order valence-electron chi connectivity index (χ1n) is 8.43. The summed E-state index contributed by atoms with van der Waals surface area (Å²) in [6, 6.07) is 12.2. The third kappa shape index (κ3) is 5.23. The van der Waals surface area contributed by atoms with Crippen LogP contribution in [0.4, 0.5) is 4.79 Å². The van der Waals surface area contributed by atoms with Crippen molar-refractivity contribution >= 4 is 32.0 Å². The van der Waals surface area contributed by atoms with E-state index in [2.05, 4.69) is 21.2 Å². The van der Waals surface area contributed by atoms with Gasteiger partial charge in [-0.25, -0.2) is 17.5 Å². The summed E-state index contributed by atoms with van der Waals surface area (Å²) in [5, 5.41) is 2.72. The first kappa shape index (κ1) is 21.2. The smallest absolute Gasteiger partial charge is 0.331 e. The van der Waals surface area contributed by atoms with Crippen LogP contribution in [0.5, 0.6) is 5.75 Å². The zero-order chi connectivity index (χ0) is 20.2. The van der Waals surface area contributed by atoms with Crippen molar-refractivity contribution in [2.75, 3.05) is 7.05 Å². The van der Waals surface area contributed by atoms with E-state index in [0.717, 1.165) is 10.0 Å². The van der Waals surface area contributed by atoms with Gasteiger partial charge in [-0.15, -0.1) is 0 Å². The number of nitrogens with one attached hydrogen (secondary N) is 1. The zero-order valence-electron chi connectivity index (χ0n) is 15.6. The van der Waals surface area contributed by atoms with E-state index in [1.165, 1.54) is 19.2 Å². The number of amides is 2. The summed E-state index contributed by atoms with van der Waals surface area (Å²) in [5.74, 6) is 0.634. The van der Waals surface area contributed by atoms with E-state index in [1.54, 1.807) is 25.1 Å². The fourth-order valence-corrected chi connectivity index (χ4v) is 3.90. The van der Waals surface area contributed by atoms with Gasteiger partial charge in [-0.1, -0.05) is 34.1 Å². The highest BCUT2D eigenvalue weighted by Crippen LogP contribution is 2.29. The molecule has 0 radical (unpaired) electrons. The number of sulfonamides is 1. The molecule has 2 rings (SSSR count). The Morgan fingerprint density at radius 1 is 1.11 bits per heavy atom. The zero-order valence-corrected chi connectivity index (χ0v) is 18.0. The number of halogens is 1. The molecule has 0 bridgehead atoms. The molecule has 0 fully saturated rings. The second-order valence-corrected chi connectivity index (χ2v) is 9.19. The van der Waals surface area contributed by atoms with Gasteiger partial charge in [0.15, 0.2) is 0 Å². The fraction of sp³-hybridized carbons (Fsp3) is 0.316. The molecular formula is C19H23BrN2O4S. The number of rotatable bonds is 6. The minimum Gasteiger partial charge on any atom is -0.491 e. The molecule has 1 atom stereocenters. The summed E-state index contributed by atoms with van der Waals surface area (Å²) >= 11 is 3.41. The summed E-state index contributed by atoms with van der Waals surface area (Å²) in [6.45, 7) is 5.60. The van der Waals surface area contributed by atoms with Crippen LogP contribution in [0.1, 0.15) is 32.4 Å². The lowest BCUT2D eigenvalue weighted by Crippen LogP contribution is -2.42. The van der Waals surface area contributed by atoms with Gasteiger partial charge in [0.25, 0.3) is 10.0 Å². The number of hydrogen-bond acceptors (Lipinski definition) is 4. The lowest BCUT2D eigenvalue weighted by atomic mass is 10.1. The molecule has 0 aliphatic carbocycles. The van der Waals surface area contributed by atoms with Crippen LogP contribution >= 0.6 is 15.9 Å². The molecule has 2 amide bonds. The molecule has 0 saturated heterocycles. The van der Waals surface area contributed by atoms with E-state index in [0.29, 0.717) is 10.1 Å². The van der Waals surface area contributed by atoms with Crippen LogP contribution in [-0.4, -0.2) is 31.9 Å². The van der Waals surface area contributed by atoms with Crippen LogP contribution in [-0.2, 0) is 10.0 Å². The van der Waals surface area contributed by atoms with Crippen molar-refractivity contribution in [3.05, 3.63) is 58.6 Å². The summed E-state index contributed by atoms with van der Waals surface area (Å²) in [7, 11) is -2.69. The van der Waals surface area contributed by atoms with Crippen LogP contribution in [0.25, 0.3) is 0 Å². The molecular weight excluding hydrogens is 432 g/mol. The molecule has 2 aromatic rings. The van der Waals surface area contributed by atoms with E-state index in [-0.39, 0.29) is 11.0 Å². The summed E-state index contributed by atoms with van der Waals surface area (Å²) in [6.07, 6.45) is -0.0334. The maximum Gasteiger partial charge on any atom is 0.331 e. The minimum absolute atomic E-state index is 0.0334. The quantitative estimate of drug-likeness (QED) is 0.704. The van der Waals surface area contributed by atoms with Crippen molar-refractivity contribution in [2.45, 2.75) is 37.8 Å². The molecule has 0 saturated carbocycles. The second-order valence-electron chi connectivity index (χ2n) is 6.31. The predicted molar refractivity (Wildman–Crippen MR) is 108 cm³/mol. The SMILES string of the molecule is CC(C)Oc1ccc(Br)cc1C(C)NC(=O)N(C)S(=O)(=O)c1ccccc1. The van der Waals surface area contributed by atoms with E-state index < -0.39 is 22.1 Å². The Bertz CT molecular complexity index is 901. The first-order chi connectivity index (χ1) is 12.6. The second kappa shape index (κ2) is 8.75. The van der Waals surface area contributed by atoms with Gasteiger partial charge in [-0.2, -0.15) is 0 Å². The predicted octanol–water partition coefficient (Wildman–Crippen LogP) is 4.33. The van der Waals surface area contributed by atoms with Gasteiger partial charge in [0.05, 0.1) is 17.0 Å². The normalized spacial score (nSPS) is 12.5. The lowest BCUT2D eigenvalue weighted by molar-refractivity contribution is 0.222. The minimum atomic E-state index is -3.92. The number of nitrogens with zero attached hydrogens (tertiary/aromatic N) is 1. The van der Waals surface area contributed by atoms with E-state index in [4.69, 9.17) is 4.74 Å². The fourth-order valence-electron chi connectivity index (χ4n) is 2.43. The van der Waals surface area contributed by atoms with Crippen LogP contribution in [0.15, 0.2) is 57.9 Å². The van der Waals surface area contributed by atoms with E-state index in [1.807, 2.05) is 32.0 Å². The Kier molecular flexibility index (Phi) is 6.89. The molecule has 0 aliphatic rings. The van der Waals surface area contributed by atoms with Gasteiger partial charge in [-0.3, -0.25) is 0 Å². The van der Waals surface area contributed by atoms with Gasteiger partial charge in [0.2, 0.25) is 0 Å². The van der Waals surface area contributed by atoms with E-state index in [9.17, 15) is 13.2 Å². The molecule has 0 aliphatic heterocycles. The lowest BCUT2D eigenvalue weighted by Gasteiger charge is -2.23. The highest BCUT2D eigenvalue weighted by atomic mass is 79.9. The molecule has 146 valence electrons. The van der Waals surface area contributed by atoms with Gasteiger partial charge in [0, 0.05) is 17.1 Å². The van der Waals surface area contributed by atoms with Gasteiger partial charge >= 0.3 is 6.03 Å². The van der Waals surface area contributed by atoms with Gasteiger partial charge in [-0.05, 0) is 51.1 Å². The molecule has 6 nitrogen and oxygen atoms in total. The third-order valence-corrected chi connectivity index (χ3v) is 6.08. The summed E-state index contributed by atoms with van der Waals surface area (Å²) in [4.78, 5) is 12.6. The third-order valence-electron chi connectivity index (χ3n) is 3.83. The average molecular weight is 455 g/mol. The van der Waals surface area contributed by atoms with Crippen molar-refractivity contribution < 1.29 is 17.9 Å². The maximum atomic E-state index is 12.6. The summed E-state index contributed by atoms with van der Waals surface area (Å²) < 4.78 is 32.5. The number of ether oxygens (including phenoxy) is 1. The Morgan fingerprint density at radius 3 is 2.33 bits per heavy atom. The largest absolute Gasteiger partial charge is 0.491 e. The molecule has 0 heterocycles. The number of carbonyl (C=O) groups is 1. The topological polar surface area (TPSA) is 75.7 Å². The monoisotopic (exact) mass is 454 g/mol. The van der Waals surface area contributed by atoms with Crippen molar-refractivity contribution in [1.29, 1.82) is 0 Å². The van der Waals surface area contributed by atoms with Crippen LogP contribution in [0, 0.1) is 0 Å². The van der Waals surface area contributed by atoms with Crippen LogP contribution in [0.2, 0.25) is 0 Å². The molecule has 1 N–H and O–H groups in total. The Morgan fingerprint density at radius 2 is 1.74 bits per heavy atom. The molecule has 0 spiro atoms. The Hall–Kier alpha value is -2.06. The Labute approximate surface area is 168 Å². The molecule has 2 aromatic carbocycles. The number of hydrogen-bond donors (Lipinski definition) is 1. The molecule has 8 heteroatoms. The first-order valence-corrected chi connectivity index (χ1v) is 10.7. The van der Waals surface area contributed by atoms with Crippen molar-refractivity contribution in [3.63, 3.8) is 0 Å². The summed E-state index contributed by atoms with van der Waals surface area (Å²) in [5.41, 5.74) is 0.747. The van der Waals surface area contributed by atoms with Gasteiger partial charge < -0.3 is 10.1 Å². The average Bonchev–Trinajstić information content (AvgIpc) is 2.62. The van der Waals surface area contributed by atoms with Crippen LogP contribution in [0.3, 0.4) is 0 Å². The van der Waals surface area contributed by atoms with Crippen molar-refractivity contribution in [1.82, 2.24) is 9.62 Å².